The quantitative estimate of drug-likeness (QED) is 0.312. The molecule has 0 unspecified atom stereocenters. The van der Waals surface area contributed by atoms with Crippen LogP contribution in [0.2, 0.25) is 0 Å². The van der Waals surface area contributed by atoms with Crippen molar-refractivity contribution in [1.29, 1.82) is 10.5 Å². The Bertz CT molecular complexity index is 187. The summed E-state index contributed by atoms with van der Waals surface area (Å²) in [7, 11) is 0. The summed E-state index contributed by atoms with van der Waals surface area (Å²) in [5.41, 5.74) is 0. The van der Waals surface area contributed by atoms with Crippen molar-refractivity contribution in [2.24, 2.45) is 0 Å². The van der Waals surface area contributed by atoms with Crippen molar-refractivity contribution in [3.8, 4) is 12.1 Å². The normalized spacial score (nSPS) is 6.27. The minimum Gasteiger partial charge on any atom is -0.291 e. The molecule has 2 nitrogen and oxygen atoms in total. The van der Waals surface area contributed by atoms with Gasteiger partial charge in [0, 0.05) is 0 Å². The number of nitriles is 2. The van der Waals surface area contributed by atoms with Crippen molar-refractivity contribution in [1.82, 2.24) is 0 Å². The van der Waals surface area contributed by atoms with Gasteiger partial charge in [-0.2, -0.15) is 12.8 Å². The Morgan fingerprint density at radius 3 is 1.47 bits per heavy atom. The number of unbranched alkanes of at least 4 members (excludes halogenated alkanes) is 4. The minimum atomic E-state index is 0. The summed E-state index contributed by atoms with van der Waals surface area (Å²) >= 11 is 0. The van der Waals surface area contributed by atoms with E-state index in [-0.39, 0.29) is 16.5 Å². The van der Waals surface area contributed by atoms with Crippen LogP contribution >= 0.6 is 0 Å². The van der Waals surface area contributed by atoms with Crippen LogP contribution < -0.4 is 0 Å². The zero-order chi connectivity index (χ0) is 11.1. The van der Waals surface area contributed by atoms with Gasteiger partial charge < -0.3 is 0 Å². The van der Waals surface area contributed by atoms with Crippen molar-refractivity contribution >= 4 is 0 Å². The van der Waals surface area contributed by atoms with Crippen LogP contribution in [0, 0.1) is 35.5 Å². The Balaban J connectivity index is -0.000000180. The third kappa shape index (κ3) is 32.4. The first-order valence-electron chi connectivity index (χ1n) is 4.47. The monoisotopic (exact) mass is 246 g/mol. The van der Waals surface area contributed by atoms with Gasteiger partial charge in [-0.3, -0.25) is 12.8 Å². The van der Waals surface area contributed by atoms with Crippen LogP contribution in [0.1, 0.15) is 25.7 Å². The van der Waals surface area contributed by atoms with Crippen LogP contribution in [0.15, 0.2) is 25.3 Å². The molecule has 0 bridgehead atoms. The van der Waals surface area contributed by atoms with Crippen molar-refractivity contribution in [3.05, 3.63) is 38.2 Å². The Hall–Kier alpha value is -1.31. The van der Waals surface area contributed by atoms with E-state index in [1.165, 1.54) is 0 Å². The van der Waals surface area contributed by atoms with E-state index < -0.39 is 0 Å². The van der Waals surface area contributed by atoms with Crippen LogP contribution in [0.5, 0.6) is 0 Å². The second kappa shape index (κ2) is 23.0. The number of nitrogens with zero attached hydrogens (tertiary/aromatic N) is 2. The molecule has 0 aromatic carbocycles. The third-order valence-electron chi connectivity index (χ3n) is 1.21. The molecule has 0 fully saturated rings. The van der Waals surface area contributed by atoms with Gasteiger partial charge in [0.05, 0.1) is 0 Å². The SMILES string of the molecule is C=CCC[CH-]C#N.C=CCC[CH-]C#N.[Ni+2]. The average Bonchev–Trinajstić information content (AvgIpc) is 2.21. The minimum absolute atomic E-state index is 0. The summed E-state index contributed by atoms with van der Waals surface area (Å²) in [4.78, 5) is 0. The van der Waals surface area contributed by atoms with Crippen molar-refractivity contribution in [2.75, 3.05) is 0 Å². The van der Waals surface area contributed by atoms with E-state index in [9.17, 15) is 0 Å². The molecule has 0 amide bonds. The fourth-order valence-electron chi connectivity index (χ4n) is 0.531. The molecule has 0 saturated carbocycles. The second-order valence-electron chi connectivity index (χ2n) is 2.40. The molecule has 0 heterocycles. The molecule has 0 aromatic rings. The molecule has 0 atom stereocenters. The average molecular weight is 247 g/mol. The van der Waals surface area contributed by atoms with Crippen LogP contribution in [-0.4, -0.2) is 0 Å². The molecular weight excluding hydrogens is 231 g/mol. The zero-order valence-corrected chi connectivity index (χ0v) is 9.75. The molecule has 0 aliphatic rings. The number of hydrogen-bond acceptors (Lipinski definition) is 2. The molecule has 15 heavy (non-hydrogen) atoms. The maximum atomic E-state index is 7.95. The van der Waals surface area contributed by atoms with Gasteiger partial charge in [0.1, 0.15) is 0 Å². The molecule has 0 radical (unpaired) electrons. The summed E-state index contributed by atoms with van der Waals surface area (Å²) in [5.74, 6) is 0. The Morgan fingerprint density at radius 2 is 1.27 bits per heavy atom. The van der Waals surface area contributed by atoms with Crippen LogP contribution in [0.4, 0.5) is 0 Å². The Morgan fingerprint density at radius 1 is 0.933 bits per heavy atom. The summed E-state index contributed by atoms with van der Waals surface area (Å²) in [6, 6.07) is 3.86. The summed E-state index contributed by atoms with van der Waals surface area (Å²) in [5, 5.41) is 15.9. The van der Waals surface area contributed by atoms with Gasteiger partial charge in [0.25, 0.3) is 0 Å². The number of rotatable bonds is 6. The molecule has 0 saturated heterocycles. The van der Waals surface area contributed by atoms with Gasteiger partial charge in [-0.05, 0) is 0 Å². The van der Waals surface area contributed by atoms with E-state index >= 15 is 0 Å². The van der Waals surface area contributed by atoms with Crippen LogP contribution in [0.3, 0.4) is 0 Å². The fourth-order valence-corrected chi connectivity index (χ4v) is 0.531. The number of allylic oxidation sites excluding steroid dienone is 2. The predicted molar refractivity (Wildman–Crippen MR) is 58.7 cm³/mol. The topological polar surface area (TPSA) is 47.6 Å². The maximum absolute atomic E-state index is 7.95. The van der Waals surface area contributed by atoms with E-state index in [2.05, 4.69) is 13.2 Å². The molecule has 0 aromatic heterocycles. The van der Waals surface area contributed by atoms with E-state index in [4.69, 9.17) is 10.5 Å². The van der Waals surface area contributed by atoms with E-state index in [0.717, 1.165) is 25.7 Å². The fraction of sp³-hybridized carbons (Fsp3) is 0.333. The summed E-state index contributed by atoms with van der Waals surface area (Å²) in [6.45, 7) is 7.01. The molecule has 0 aliphatic carbocycles. The summed E-state index contributed by atoms with van der Waals surface area (Å²) in [6.07, 6.45) is 10.2. The van der Waals surface area contributed by atoms with Crippen molar-refractivity contribution in [2.45, 2.75) is 25.7 Å². The van der Waals surface area contributed by atoms with E-state index in [1.54, 1.807) is 25.0 Å². The Kier molecular flexibility index (Phi) is 29.5. The van der Waals surface area contributed by atoms with Gasteiger partial charge in [-0.25, -0.2) is 10.5 Å². The molecule has 84 valence electrons. The molecule has 0 rings (SSSR count). The molecule has 0 spiro atoms. The third-order valence-corrected chi connectivity index (χ3v) is 1.21. The van der Waals surface area contributed by atoms with Gasteiger partial charge in [0.15, 0.2) is 0 Å². The summed E-state index contributed by atoms with van der Waals surface area (Å²) < 4.78 is 0. The van der Waals surface area contributed by atoms with Crippen LogP contribution in [-0.2, 0) is 16.5 Å². The Labute approximate surface area is 103 Å². The van der Waals surface area contributed by atoms with Crippen molar-refractivity contribution < 1.29 is 16.5 Å². The maximum Gasteiger partial charge on any atom is 2.00 e. The first-order chi connectivity index (χ1) is 6.83. The van der Waals surface area contributed by atoms with Crippen LogP contribution in [0.25, 0.3) is 0 Å². The van der Waals surface area contributed by atoms with Gasteiger partial charge in [-0.15, -0.1) is 25.3 Å². The van der Waals surface area contributed by atoms with Gasteiger partial charge in [-0.1, -0.05) is 25.0 Å². The standard InChI is InChI=1S/2C6H8N.Ni/c2*1-2-3-4-5-6-7;/h2*2,5H,1,3-4H2;/q2*-1;+2. The van der Waals surface area contributed by atoms with E-state index in [0.29, 0.717) is 0 Å². The smallest absolute Gasteiger partial charge is 0.291 e. The largest absolute Gasteiger partial charge is 2.00 e. The molecule has 0 aliphatic heterocycles. The number of hydrogen-bond donors (Lipinski definition) is 0. The second-order valence-corrected chi connectivity index (χ2v) is 2.40. The van der Waals surface area contributed by atoms with Gasteiger partial charge in [0.2, 0.25) is 0 Å². The van der Waals surface area contributed by atoms with Gasteiger partial charge >= 0.3 is 16.5 Å². The first kappa shape index (κ1) is 19.3. The molecule has 0 N–H and O–H groups in total. The molecular formula is C12H16N2Ni. The predicted octanol–water partition coefficient (Wildman–Crippen LogP) is 3.36. The first-order valence-corrected chi connectivity index (χ1v) is 4.47. The zero-order valence-electron chi connectivity index (χ0n) is 8.76. The molecule has 3 heteroatoms. The van der Waals surface area contributed by atoms with E-state index in [1.807, 2.05) is 12.1 Å². The van der Waals surface area contributed by atoms with Crippen molar-refractivity contribution in [3.63, 3.8) is 0 Å².